The predicted octanol–water partition coefficient (Wildman–Crippen LogP) is 2.81. The van der Waals surface area contributed by atoms with Crippen LogP contribution in [0.15, 0.2) is 18.2 Å². The Morgan fingerprint density at radius 2 is 2.28 bits per heavy atom. The van der Waals surface area contributed by atoms with Crippen molar-refractivity contribution in [1.29, 1.82) is 0 Å². The van der Waals surface area contributed by atoms with Crippen LogP contribution in [0.1, 0.15) is 26.2 Å². The molecule has 0 fully saturated rings. The topological polar surface area (TPSA) is 64.3 Å². The Balaban J connectivity index is 2.58. The fraction of sp³-hybridized carbons (Fsp3) is 0.462. The van der Waals surface area contributed by atoms with Gasteiger partial charge in [0.1, 0.15) is 5.75 Å². The monoisotopic (exact) mass is 270 g/mol. The summed E-state index contributed by atoms with van der Waals surface area (Å²) in [7, 11) is 0. The minimum absolute atomic E-state index is 0.0567. The highest BCUT2D eigenvalue weighted by molar-refractivity contribution is 6.32. The second-order valence-corrected chi connectivity index (χ2v) is 4.34. The molecule has 1 aromatic rings. The third-order valence-corrected chi connectivity index (χ3v) is 2.58. The van der Waals surface area contributed by atoms with Gasteiger partial charge in [0.2, 0.25) is 5.91 Å². The maximum absolute atomic E-state index is 11.5. The Labute approximate surface area is 112 Å². The molecule has 0 atom stereocenters. The van der Waals surface area contributed by atoms with Gasteiger partial charge in [-0.3, -0.25) is 4.79 Å². The third-order valence-electron chi connectivity index (χ3n) is 2.29. The second kappa shape index (κ2) is 7.95. The van der Waals surface area contributed by atoms with E-state index in [9.17, 15) is 4.79 Å². The lowest BCUT2D eigenvalue weighted by Gasteiger charge is -2.09. The minimum Gasteiger partial charge on any atom is -0.492 e. The summed E-state index contributed by atoms with van der Waals surface area (Å²) in [5.41, 5.74) is 6.02. The van der Waals surface area contributed by atoms with Crippen LogP contribution < -0.4 is 15.8 Å². The van der Waals surface area contributed by atoms with Crippen molar-refractivity contribution in [2.24, 2.45) is 5.73 Å². The van der Waals surface area contributed by atoms with Gasteiger partial charge in [-0.15, -0.1) is 0 Å². The van der Waals surface area contributed by atoms with Crippen LogP contribution >= 0.6 is 11.6 Å². The first-order chi connectivity index (χ1) is 8.67. The zero-order valence-electron chi connectivity index (χ0n) is 10.5. The van der Waals surface area contributed by atoms with Gasteiger partial charge in [0.15, 0.2) is 0 Å². The Morgan fingerprint density at radius 3 is 2.89 bits per heavy atom. The first-order valence-electron chi connectivity index (χ1n) is 6.09. The van der Waals surface area contributed by atoms with Gasteiger partial charge in [-0.05, 0) is 37.6 Å². The molecule has 0 aliphatic heterocycles. The average Bonchev–Trinajstić information content (AvgIpc) is 2.35. The molecule has 100 valence electrons. The molecule has 0 unspecified atom stereocenters. The number of hydrogen-bond donors (Lipinski definition) is 2. The predicted molar refractivity (Wildman–Crippen MR) is 74.2 cm³/mol. The summed E-state index contributed by atoms with van der Waals surface area (Å²) in [6.45, 7) is 3.17. The number of carbonyl (C=O) groups is 1. The maximum atomic E-state index is 11.5. The smallest absolute Gasteiger partial charge is 0.224 e. The van der Waals surface area contributed by atoms with E-state index in [1.165, 1.54) is 0 Å². The SMILES string of the molecule is CCCOc1ccc(NC(=O)CCCN)cc1Cl. The van der Waals surface area contributed by atoms with Crippen molar-refractivity contribution in [2.45, 2.75) is 26.2 Å². The zero-order valence-corrected chi connectivity index (χ0v) is 11.3. The molecule has 1 aromatic carbocycles. The van der Waals surface area contributed by atoms with Crippen LogP contribution in [0.2, 0.25) is 5.02 Å². The van der Waals surface area contributed by atoms with E-state index in [2.05, 4.69) is 5.32 Å². The quantitative estimate of drug-likeness (QED) is 0.801. The van der Waals surface area contributed by atoms with E-state index < -0.39 is 0 Å². The molecule has 1 rings (SSSR count). The molecular formula is C13H19ClN2O2. The number of rotatable bonds is 7. The van der Waals surface area contributed by atoms with E-state index in [0.717, 1.165) is 6.42 Å². The molecule has 0 saturated carbocycles. The Morgan fingerprint density at radius 1 is 1.50 bits per heavy atom. The standard InChI is InChI=1S/C13H19ClN2O2/c1-2-8-18-12-6-5-10(9-11(12)14)16-13(17)4-3-7-15/h5-6,9H,2-4,7-8,15H2,1H3,(H,16,17). The summed E-state index contributed by atoms with van der Waals surface area (Å²) in [5.74, 6) is 0.581. The van der Waals surface area contributed by atoms with Crippen LogP contribution in [0.5, 0.6) is 5.75 Å². The van der Waals surface area contributed by atoms with E-state index in [1.807, 2.05) is 6.92 Å². The second-order valence-electron chi connectivity index (χ2n) is 3.93. The van der Waals surface area contributed by atoms with Crippen molar-refractivity contribution in [1.82, 2.24) is 0 Å². The van der Waals surface area contributed by atoms with Crippen LogP contribution in [0.4, 0.5) is 5.69 Å². The fourth-order valence-corrected chi connectivity index (χ4v) is 1.63. The van der Waals surface area contributed by atoms with E-state index in [1.54, 1.807) is 18.2 Å². The number of anilines is 1. The third kappa shape index (κ3) is 4.94. The van der Waals surface area contributed by atoms with Crippen molar-refractivity contribution in [2.75, 3.05) is 18.5 Å². The minimum atomic E-state index is -0.0567. The number of benzene rings is 1. The molecule has 0 bridgehead atoms. The van der Waals surface area contributed by atoms with Gasteiger partial charge in [0.05, 0.1) is 11.6 Å². The van der Waals surface area contributed by atoms with E-state index in [-0.39, 0.29) is 5.91 Å². The van der Waals surface area contributed by atoms with E-state index >= 15 is 0 Å². The zero-order chi connectivity index (χ0) is 13.4. The molecule has 0 aromatic heterocycles. The highest BCUT2D eigenvalue weighted by atomic mass is 35.5. The first kappa shape index (κ1) is 14.8. The molecule has 18 heavy (non-hydrogen) atoms. The summed E-state index contributed by atoms with van der Waals surface area (Å²) < 4.78 is 5.45. The highest BCUT2D eigenvalue weighted by Crippen LogP contribution is 2.27. The number of amides is 1. The molecule has 4 nitrogen and oxygen atoms in total. The van der Waals surface area contributed by atoms with Crippen molar-refractivity contribution in [3.63, 3.8) is 0 Å². The van der Waals surface area contributed by atoms with Crippen molar-refractivity contribution in [3.8, 4) is 5.75 Å². The maximum Gasteiger partial charge on any atom is 0.224 e. The molecule has 0 aliphatic rings. The molecule has 3 N–H and O–H groups in total. The van der Waals surface area contributed by atoms with Crippen LogP contribution in [0.3, 0.4) is 0 Å². The van der Waals surface area contributed by atoms with Gasteiger partial charge in [0.25, 0.3) is 0 Å². The van der Waals surface area contributed by atoms with Gasteiger partial charge in [-0.1, -0.05) is 18.5 Å². The Hall–Kier alpha value is -1.26. The lowest BCUT2D eigenvalue weighted by atomic mass is 10.2. The van der Waals surface area contributed by atoms with Crippen LogP contribution in [0, 0.1) is 0 Å². The molecular weight excluding hydrogens is 252 g/mol. The van der Waals surface area contributed by atoms with Gasteiger partial charge in [-0.25, -0.2) is 0 Å². The average molecular weight is 271 g/mol. The summed E-state index contributed by atoms with van der Waals surface area (Å²) in [4.78, 5) is 11.5. The lowest BCUT2D eigenvalue weighted by molar-refractivity contribution is -0.116. The summed E-state index contributed by atoms with van der Waals surface area (Å²) in [5, 5.41) is 3.27. The normalized spacial score (nSPS) is 10.2. The number of carbonyl (C=O) groups excluding carboxylic acids is 1. The molecule has 0 heterocycles. The van der Waals surface area contributed by atoms with Crippen molar-refractivity contribution >= 4 is 23.2 Å². The van der Waals surface area contributed by atoms with Crippen LogP contribution in [-0.4, -0.2) is 19.1 Å². The molecule has 1 amide bonds. The number of halogens is 1. The molecule has 0 spiro atoms. The van der Waals surface area contributed by atoms with Gasteiger partial charge in [-0.2, -0.15) is 0 Å². The molecule has 5 heteroatoms. The Kier molecular flexibility index (Phi) is 6.54. The molecule has 0 radical (unpaired) electrons. The van der Waals surface area contributed by atoms with Crippen LogP contribution in [0.25, 0.3) is 0 Å². The highest BCUT2D eigenvalue weighted by Gasteiger charge is 2.05. The van der Waals surface area contributed by atoms with Gasteiger partial charge in [0, 0.05) is 12.1 Å². The summed E-state index contributed by atoms with van der Waals surface area (Å²) in [6.07, 6.45) is 2.02. The van der Waals surface area contributed by atoms with Gasteiger partial charge >= 0.3 is 0 Å². The molecule has 0 aliphatic carbocycles. The number of nitrogens with two attached hydrogens (primary N) is 1. The van der Waals surface area contributed by atoms with E-state index in [0.29, 0.717) is 42.5 Å². The Bertz CT molecular complexity index is 397. The van der Waals surface area contributed by atoms with Gasteiger partial charge < -0.3 is 15.8 Å². The fourth-order valence-electron chi connectivity index (χ4n) is 1.39. The van der Waals surface area contributed by atoms with Crippen molar-refractivity contribution in [3.05, 3.63) is 23.2 Å². The lowest BCUT2D eigenvalue weighted by Crippen LogP contribution is -2.13. The summed E-state index contributed by atoms with van der Waals surface area (Å²) in [6, 6.07) is 5.22. The van der Waals surface area contributed by atoms with Crippen molar-refractivity contribution < 1.29 is 9.53 Å². The first-order valence-corrected chi connectivity index (χ1v) is 6.47. The summed E-state index contributed by atoms with van der Waals surface area (Å²) >= 11 is 6.06. The van der Waals surface area contributed by atoms with Crippen LogP contribution in [-0.2, 0) is 4.79 Å². The molecule has 0 saturated heterocycles. The number of nitrogens with one attached hydrogen (secondary N) is 1. The number of ether oxygens (including phenoxy) is 1. The largest absolute Gasteiger partial charge is 0.492 e. The van der Waals surface area contributed by atoms with E-state index in [4.69, 9.17) is 22.1 Å². The number of hydrogen-bond acceptors (Lipinski definition) is 3.